The van der Waals surface area contributed by atoms with Gasteiger partial charge < -0.3 is 5.32 Å². The number of hydrogen-bond acceptors (Lipinski definition) is 6. The first-order valence-corrected chi connectivity index (χ1v) is 12.5. The molecule has 0 aliphatic carbocycles. The van der Waals surface area contributed by atoms with Crippen molar-refractivity contribution in [3.63, 3.8) is 0 Å². The Hall–Kier alpha value is -2.62. The Kier molecular flexibility index (Phi) is 6.45. The molecule has 2 heterocycles. The third-order valence-corrected chi connectivity index (χ3v) is 7.71. The predicted molar refractivity (Wildman–Crippen MR) is 119 cm³/mol. The van der Waals surface area contributed by atoms with Crippen molar-refractivity contribution in [3.05, 3.63) is 82.6 Å². The molecule has 3 aromatic rings. The molecule has 9 heteroatoms. The number of anilines is 1. The summed E-state index contributed by atoms with van der Waals surface area (Å²) in [6, 6.07) is 15.0. The van der Waals surface area contributed by atoms with E-state index in [0.717, 1.165) is 16.0 Å². The van der Waals surface area contributed by atoms with Gasteiger partial charge >= 0.3 is 0 Å². The molecular weight excluding hydrogens is 437 g/mol. The van der Waals surface area contributed by atoms with Gasteiger partial charge in [0.1, 0.15) is 11.9 Å². The van der Waals surface area contributed by atoms with Crippen molar-refractivity contribution in [2.75, 3.05) is 29.9 Å². The van der Waals surface area contributed by atoms with Crippen LogP contribution in [0, 0.1) is 5.82 Å². The lowest BCUT2D eigenvalue weighted by Crippen LogP contribution is -2.46. The van der Waals surface area contributed by atoms with E-state index in [4.69, 9.17) is 0 Å². The number of sulfone groups is 1. The van der Waals surface area contributed by atoms with Gasteiger partial charge in [-0.25, -0.2) is 17.8 Å². The number of rotatable bonds is 6. The maximum Gasteiger partial charge on any atom is 0.248 e. The first kappa shape index (κ1) is 21.6. The van der Waals surface area contributed by atoms with Crippen LogP contribution < -0.4 is 5.32 Å². The number of nitrogens with zero attached hydrogens (tertiary/aromatic N) is 2. The summed E-state index contributed by atoms with van der Waals surface area (Å²) in [7, 11) is -3.05. The fourth-order valence-electron chi connectivity index (χ4n) is 3.57. The van der Waals surface area contributed by atoms with Crippen LogP contribution in [0.3, 0.4) is 0 Å². The molecule has 0 spiro atoms. The Balaban J connectivity index is 1.49. The molecule has 0 bridgehead atoms. The van der Waals surface area contributed by atoms with Crippen LogP contribution in [0.5, 0.6) is 0 Å². The number of nitrogens with one attached hydrogen (secondary N) is 1. The minimum Gasteiger partial charge on any atom is -0.300 e. The highest BCUT2D eigenvalue weighted by atomic mass is 32.2. The first-order valence-electron chi connectivity index (χ1n) is 9.89. The fourth-order valence-corrected chi connectivity index (χ4v) is 5.65. The van der Waals surface area contributed by atoms with Gasteiger partial charge in [-0.05, 0) is 23.3 Å². The molecule has 1 N–H and O–H groups in total. The third kappa shape index (κ3) is 5.55. The topological polar surface area (TPSA) is 79.4 Å². The monoisotopic (exact) mass is 459 g/mol. The molecule has 1 fully saturated rings. The minimum atomic E-state index is -3.05. The second kappa shape index (κ2) is 9.25. The summed E-state index contributed by atoms with van der Waals surface area (Å²) in [6.45, 7) is 0.617. The van der Waals surface area contributed by atoms with Crippen molar-refractivity contribution in [2.45, 2.75) is 12.5 Å². The lowest BCUT2D eigenvalue weighted by atomic mass is 10.0. The zero-order chi connectivity index (χ0) is 21.8. The Morgan fingerprint density at radius 2 is 1.77 bits per heavy atom. The third-order valence-electron chi connectivity index (χ3n) is 5.18. The average molecular weight is 460 g/mol. The van der Waals surface area contributed by atoms with Gasteiger partial charge in [-0.1, -0.05) is 42.5 Å². The van der Waals surface area contributed by atoms with Crippen molar-refractivity contribution in [3.8, 4) is 0 Å². The summed E-state index contributed by atoms with van der Waals surface area (Å²) in [6.07, 6.45) is 2.30. The van der Waals surface area contributed by atoms with Crippen LogP contribution in [-0.2, 0) is 21.1 Å². The van der Waals surface area contributed by atoms with E-state index in [-0.39, 0.29) is 23.2 Å². The minimum absolute atomic E-state index is 0.0443. The van der Waals surface area contributed by atoms with Gasteiger partial charge in [-0.15, -0.1) is 11.3 Å². The molecule has 4 rings (SSSR count). The molecule has 1 saturated heterocycles. The van der Waals surface area contributed by atoms with E-state index in [1.165, 1.54) is 23.5 Å². The zero-order valence-corrected chi connectivity index (χ0v) is 18.3. The Bertz CT molecular complexity index is 1130. The van der Waals surface area contributed by atoms with Crippen molar-refractivity contribution in [1.82, 2.24) is 9.88 Å². The highest BCUT2D eigenvalue weighted by Crippen LogP contribution is 2.27. The van der Waals surface area contributed by atoms with Gasteiger partial charge in [0.15, 0.2) is 15.0 Å². The number of benzene rings is 2. The number of halogens is 1. The van der Waals surface area contributed by atoms with Crippen LogP contribution in [0.2, 0.25) is 0 Å². The fraction of sp³-hybridized carbons (Fsp3) is 0.273. The second-order valence-corrected chi connectivity index (χ2v) is 10.8. The molecule has 2 aromatic carbocycles. The van der Waals surface area contributed by atoms with E-state index in [0.29, 0.717) is 24.6 Å². The van der Waals surface area contributed by atoms with Crippen molar-refractivity contribution in [1.29, 1.82) is 0 Å². The molecule has 0 radical (unpaired) electrons. The summed E-state index contributed by atoms with van der Waals surface area (Å²) in [5, 5.41) is 3.37. The van der Waals surface area contributed by atoms with Crippen LogP contribution >= 0.6 is 11.3 Å². The molecule has 1 aliphatic rings. The van der Waals surface area contributed by atoms with Gasteiger partial charge in [-0.2, -0.15) is 0 Å². The molecule has 162 valence electrons. The highest BCUT2D eigenvalue weighted by Gasteiger charge is 2.32. The number of thiazole rings is 1. The van der Waals surface area contributed by atoms with Crippen LogP contribution in [0.25, 0.3) is 0 Å². The van der Waals surface area contributed by atoms with E-state index >= 15 is 0 Å². The average Bonchev–Trinajstić information content (AvgIpc) is 3.18. The van der Waals surface area contributed by atoms with Gasteiger partial charge in [0.2, 0.25) is 5.91 Å². The normalized spacial score (nSPS) is 17.2. The molecule has 0 saturated carbocycles. The van der Waals surface area contributed by atoms with Crippen LogP contribution in [0.15, 0.2) is 60.8 Å². The molecule has 1 unspecified atom stereocenters. The van der Waals surface area contributed by atoms with Gasteiger partial charge in [0.25, 0.3) is 0 Å². The summed E-state index contributed by atoms with van der Waals surface area (Å²) in [5.41, 5.74) is 1.77. The molecule has 31 heavy (non-hydrogen) atoms. The molecule has 6 nitrogen and oxygen atoms in total. The molecule has 1 aromatic heterocycles. The van der Waals surface area contributed by atoms with Crippen molar-refractivity contribution < 1.29 is 17.6 Å². The Morgan fingerprint density at radius 3 is 2.45 bits per heavy atom. The van der Waals surface area contributed by atoms with E-state index in [2.05, 4.69) is 10.3 Å². The van der Waals surface area contributed by atoms with E-state index in [1.54, 1.807) is 18.3 Å². The molecule has 1 amide bonds. The number of carbonyl (C=O) groups is 1. The lowest BCUT2D eigenvalue weighted by molar-refractivity contribution is -0.121. The van der Waals surface area contributed by atoms with Gasteiger partial charge in [0, 0.05) is 30.6 Å². The molecule has 1 atom stereocenters. The quantitative estimate of drug-likeness (QED) is 0.612. The largest absolute Gasteiger partial charge is 0.300 e. The SMILES string of the molecule is O=C(Nc1ncc(Cc2ccc(F)cc2)s1)C(c1ccccc1)N1CCS(=O)(=O)CC1. The number of aromatic nitrogens is 1. The Labute approximate surface area is 184 Å². The number of carbonyl (C=O) groups excluding carboxylic acids is 1. The van der Waals surface area contributed by atoms with E-state index in [9.17, 15) is 17.6 Å². The summed E-state index contributed by atoms with van der Waals surface area (Å²) in [4.78, 5) is 20.4. The van der Waals surface area contributed by atoms with E-state index in [1.807, 2.05) is 35.2 Å². The van der Waals surface area contributed by atoms with Crippen LogP contribution in [0.4, 0.5) is 9.52 Å². The second-order valence-electron chi connectivity index (χ2n) is 7.43. The number of amides is 1. The standard InChI is InChI=1S/C22H22FN3O3S2/c23-18-8-6-16(7-9-18)14-19-15-24-22(30-19)25-21(27)20(17-4-2-1-3-5-17)26-10-12-31(28,29)13-11-26/h1-9,15,20H,10-14H2,(H,24,25,27). The first-order chi connectivity index (χ1) is 14.9. The molecular formula is C22H22FN3O3S2. The smallest absolute Gasteiger partial charge is 0.248 e. The summed E-state index contributed by atoms with van der Waals surface area (Å²) < 4.78 is 36.8. The summed E-state index contributed by atoms with van der Waals surface area (Å²) in [5.74, 6) is -0.433. The maximum atomic E-state index is 13.2. The van der Waals surface area contributed by atoms with E-state index < -0.39 is 15.9 Å². The maximum absolute atomic E-state index is 13.2. The lowest BCUT2D eigenvalue weighted by Gasteiger charge is -2.33. The number of hydrogen-bond donors (Lipinski definition) is 1. The van der Waals surface area contributed by atoms with Crippen LogP contribution in [0.1, 0.15) is 22.0 Å². The van der Waals surface area contributed by atoms with Gasteiger partial charge in [0.05, 0.1) is 11.5 Å². The van der Waals surface area contributed by atoms with Crippen molar-refractivity contribution in [2.24, 2.45) is 0 Å². The highest BCUT2D eigenvalue weighted by molar-refractivity contribution is 7.91. The summed E-state index contributed by atoms with van der Waals surface area (Å²) >= 11 is 1.37. The van der Waals surface area contributed by atoms with Crippen molar-refractivity contribution >= 4 is 32.2 Å². The Morgan fingerprint density at radius 1 is 1.10 bits per heavy atom. The zero-order valence-electron chi connectivity index (χ0n) is 16.7. The van der Waals surface area contributed by atoms with Crippen LogP contribution in [-0.4, -0.2) is 48.8 Å². The predicted octanol–water partition coefficient (Wildman–Crippen LogP) is 3.28. The van der Waals surface area contributed by atoms with Gasteiger partial charge in [-0.3, -0.25) is 9.69 Å². The molecule has 1 aliphatic heterocycles.